The Balaban J connectivity index is 1.91. The number of nitrogens with one attached hydrogen (secondary N) is 1. The van der Waals surface area contributed by atoms with Crippen LogP contribution in [0.4, 0.5) is 11.4 Å². The largest absolute Gasteiger partial charge is 0.376 e. The van der Waals surface area contributed by atoms with Crippen molar-refractivity contribution in [2.75, 3.05) is 37.0 Å². The molecule has 3 nitrogen and oxygen atoms in total. The third-order valence-corrected chi connectivity index (χ3v) is 5.01. The fraction of sp³-hybridized carbons (Fsp3) is 0.647. The molecule has 0 amide bonds. The molecule has 1 saturated carbocycles. The molecule has 1 aromatic rings. The molecule has 20 heavy (non-hydrogen) atoms. The normalized spacial score (nSPS) is 25.1. The second kappa shape index (κ2) is 5.28. The van der Waals surface area contributed by atoms with Crippen LogP contribution in [0.25, 0.3) is 0 Å². The zero-order chi connectivity index (χ0) is 14.2. The zero-order valence-electron chi connectivity index (χ0n) is 13.0. The first-order valence-electron chi connectivity index (χ1n) is 7.89. The second-order valence-corrected chi connectivity index (χ2v) is 6.73. The lowest BCUT2D eigenvalue weighted by atomic mass is 9.92. The molecular formula is C17H27N3. The highest BCUT2D eigenvalue weighted by Crippen LogP contribution is 2.37. The summed E-state index contributed by atoms with van der Waals surface area (Å²) in [5.41, 5.74) is 3.08. The number of hydrogen-bond donors (Lipinski definition) is 1. The molecule has 1 aliphatic heterocycles. The first kappa shape index (κ1) is 13.7. The standard InChI is InChI=1S/C17H27N3/c1-14-12-18-17(10-6-7-11-17)13-20(14)16-9-5-4-8-15(16)19(2)3/h4-5,8-9,14,18H,6-7,10-13H2,1-3H3. The van der Waals surface area contributed by atoms with Crippen LogP contribution in [0.3, 0.4) is 0 Å². The lowest BCUT2D eigenvalue weighted by Gasteiger charge is -2.47. The summed E-state index contributed by atoms with van der Waals surface area (Å²) in [6, 6.07) is 9.36. The van der Waals surface area contributed by atoms with Crippen LogP contribution in [-0.4, -0.2) is 38.8 Å². The van der Waals surface area contributed by atoms with E-state index in [1.807, 2.05) is 0 Å². The fourth-order valence-corrected chi connectivity index (χ4v) is 3.81. The van der Waals surface area contributed by atoms with Crippen LogP contribution in [0.1, 0.15) is 32.6 Å². The lowest BCUT2D eigenvalue weighted by molar-refractivity contribution is 0.277. The van der Waals surface area contributed by atoms with Gasteiger partial charge in [0.15, 0.2) is 0 Å². The maximum Gasteiger partial charge on any atom is 0.0607 e. The van der Waals surface area contributed by atoms with Crippen molar-refractivity contribution >= 4 is 11.4 Å². The SMILES string of the molecule is CC1CNC2(CCCC2)CN1c1ccccc1N(C)C. The lowest BCUT2D eigenvalue weighted by Crippen LogP contribution is -2.62. The number of rotatable bonds is 2. The average molecular weight is 273 g/mol. The van der Waals surface area contributed by atoms with Crippen molar-refractivity contribution in [3.63, 3.8) is 0 Å². The average Bonchev–Trinajstić information content (AvgIpc) is 2.90. The van der Waals surface area contributed by atoms with E-state index in [1.165, 1.54) is 37.1 Å². The molecule has 1 aliphatic carbocycles. The van der Waals surface area contributed by atoms with E-state index in [4.69, 9.17) is 0 Å². The van der Waals surface area contributed by atoms with Crippen molar-refractivity contribution in [1.29, 1.82) is 0 Å². The predicted molar refractivity (Wildman–Crippen MR) is 86.8 cm³/mol. The molecule has 3 heteroatoms. The van der Waals surface area contributed by atoms with Gasteiger partial charge in [-0.1, -0.05) is 25.0 Å². The molecule has 1 atom stereocenters. The Labute approximate surface area is 123 Å². The minimum Gasteiger partial charge on any atom is -0.376 e. The van der Waals surface area contributed by atoms with Crippen LogP contribution >= 0.6 is 0 Å². The van der Waals surface area contributed by atoms with Crippen LogP contribution in [0, 0.1) is 0 Å². The van der Waals surface area contributed by atoms with E-state index in [0.717, 1.165) is 13.1 Å². The van der Waals surface area contributed by atoms with E-state index >= 15 is 0 Å². The van der Waals surface area contributed by atoms with Gasteiger partial charge >= 0.3 is 0 Å². The molecule has 1 unspecified atom stereocenters. The molecule has 0 radical (unpaired) electrons. The van der Waals surface area contributed by atoms with Gasteiger partial charge in [-0.25, -0.2) is 0 Å². The van der Waals surface area contributed by atoms with Crippen molar-refractivity contribution in [2.24, 2.45) is 0 Å². The molecule has 0 bridgehead atoms. The quantitative estimate of drug-likeness (QED) is 0.894. The van der Waals surface area contributed by atoms with Gasteiger partial charge in [0, 0.05) is 38.8 Å². The molecule has 3 rings (SSSR count). The van der Waals surface area contributed by atoms with E-state index in [1.54, 1.807) is 0 Å². The van der Waals surface area contributed by atoms with E-state index in [9.17, 15) is 0 Å². The topological polar surface area (TPSA) is 18.5 Å². The number of piperazine rings is 1. The van der Waals surface area contributed by atoms with Crippen molar-refractivity contribution in [3.05, 3.63) is 24.3 Å². The molecule has 2 aliphatic rings. The van der Waals surface area contributed by atoms with Gasteiger partial charge in [0.1, 0.15) is 0 Å². The van der Waals surface area contributed by atoms with Gasteiger partial charge in [-0.2, -0.15) is 0 Å². The molecule has 1 saturated heterocycles. The smallest absolute Gasteiger partial charge is 0.0607 e. The summed E-state index contributed by atoms with van der Waals surface area (Å²) >= 11 is 0. The van der Waals surface area contributed by atoms with Gasteiger partial charge in [-0.15, -0.1) is 0 Å². The Kier molecular flexibility index (Phi) is 3.63. The maximum absolute atomic E-state index is 3.84. The van der Waals surface area contributed by atoms with Crippen molar-refractivity contribution in [3.8, 4) is 0 Å². The Morgan fingerprint density at radius 1 is 1.20 bits per heavy atom. The van der Waals surface area contributed by atoms with E-state index in [-0.39, 0.29) is 0 Å². The van der Waals surface area contributed by atoms with Gasteiger partial charge in [0.2, 0.25) is 0 Å². The van der Waals surface area contributed by atoms with E-state index in [0.29, 0.717) is 11.6 Å². The minimum absolute atomic E-state index is 0.367. The highest BCUT2D eigenvalue weighted by atomic mass is 15.3. The Bertz CT molecular complexity index is 463. The first-order valence-corrected chi connectivity index (χ1v) is 7.89. The number of nitrogens with zero attached hydrogens (tertiary/aromatic N) is 2. The Hall–Kier alpha value is -1.22. The number of hydrogen-bond acceptors (Lipinski definition) is 3. The molecule has 2 fully saturated rings. The number of anilines is 2. The molecule has 1 heterocycles. The van der Waals surface area contributed by atoms with Crippen LogP contribution in [0.2, 0.25) is 0 Å². The van der Waals surface area contributed by atoms with Crippen LogP contribution < -0.4 is 15.1 Å². The molecule has 0 aromatic heterocycles. The first-order chi connectivity index (χ1) is 9.61. The van der Waals surface area contributed by atoms with E-state index < -0.39 is 0 Å². The monoisotopic (exact) mass is 273 g/mol. The fourth-order valence-electron chi connectivity index (χ4n) is 3.81. The third-order valence-electron chi connectivity index (χ3n) is 5.01. The summed E-state index contributed by atoms with van der Waals surface area (Å²) in [6.45, 7) is 4.59. The Morgan fingerprint density at radius 3 is 2.60 bits per heavy atom. The Morgan fingerprint density at radius 2 is 1.90 bits per heavy atom. The van der Waals surface area contributed by atoms with Gasteiger partial charge in [-0.3, -0.25) is 0 Å². The molecule has 1 aromatic carbocycles. The minimum atomic E-state index is 0.367. The summed E-state index contributed by atoms with van der Waals surface area (Å²) in [6.07, 6.45) is 5.43. The summed E-state index contributed by atoms with van der Waals surface area (Å²) in [5.74, 6) is 0. The molecule has 110 valence electrons. The molecular weight excluding hydrogens is 246 g/mol. The summed E-state index contributed by atoms with van der Waals surface area (Å²) in [4.78, 5) is 4.85. The maximum atomic E-state index is 3.84. The summed E-state index contributed by atoms with van der Waals surface area (Å²) in [7, 11) is 4.27. The number of benzene rings is 1. The summed E-state index contributed by atoms with van der Waals surface area (Å²) < 4.78 is 0. The molecule has 1 N–H and O–H groups in total. The highest BCUT2D eigenvalue weighted by molar-refractivity contribution is 5.71. The molecule has 1 spiro atoms. The second-order valence-electron chi connectivity index (χ2n) is 6.73. The van der Waals surface area contributed by atoms with Gasteiger partial charge < -0.3 is 15.1 Å². The third kappa shape index (κ3) is 2.39. The van der Waals surface area contributed by atoms with Crippen molar-refractivity contribution in [2.45, 2.75) is 44.2 Å². The van der Waals surface area contributed by atoms with Gasteiger partial charge in [0.05, 0.1) is 11.4 Å². The van der Waals surface area contributed by atoms with Crippen LogP contribution in [-0.2, 0) is 0 Å². The van der Waals surface area contributed by atoms with Crippen LogP contribution in [0.15, 0.2) is 24.3 Å². The van der Waals surface area contributed by atoms with Gasteiger partial charge in [0.25, 0.3) is 0 Å². The van der Waals surface area contributed by atoms with Crippen molar-refractivity contribution in [1.82, 2.24) is 5.32 Å². The van der Waals surface area contributed by atoms with E-state index in [2.05, 4.69) is 60.4 Å². The van der Waals surface area contributed by atoms with Crippen LogP contribution in [0.5, 0.6) is 0 Å². The highest BCUT2D eigenvalue weighted by Gasteiger charge is 2.40. The predicted octanol–water partition coefficient (Wildman–Crippen LogP) is 2.86. The van der Waals surface area contributed by atoms with Gasteiger partial charge in [-0.05, 0) is 31.9 Å². The van der Waals surface area contributed by atoms with Crippen molar-refractivity contribution < 1.29 is 0 Å². The summed E-state index contributed by atoms with van der Waals surface area (Å²) in [5, 5.41) is 3.84. The zero-order valence-corrected chi connectivity index (χ0v) is 13.0. The number of para-hydroxylation sites is 2.